The van der Waals surface area contributed by atoms with E-state index in [-0.39, 0.29) is 23.3 Å². The van der Waals surface area contributed by atoms with E-state index in [9.17, 15) is 4.39 Å². The van der Waals surface area contributed by atoms with Gasteiger partial charge in [-0.2, -0.15) is 4.98 Å². The van der Waals surface area contributed by atoms with E-state index in [0.717, 1.165) is 0 Å². The molecule has 3 aromatic heterocycles. The molecule has 25 heavy (non-hydrogen) atoms. The van der Waals surface area contributed by atoms with Crippen molar-refractivity contribution in [2.75, 3.05) is 0 Å². The monoisotopic (exact) mass is 335 g/mol. The maximum atomic E-state index is 13.5. The summed E-state index contributed by atoms with van der Waals surface area (Å²) in [5.74, 6) is 0.694. The molecule has 1 aromatic carbocycles. The maximum Gasteiger partial charge on any atom is 0.255 e. The lowest BCUT2D eigenvalue weighted by Gasteiger charge is -2.08. The third-order valence-electron chi connectivity index (χ3n) is 3.24. The smallest absolute Gasteiger partial charge is 0.255 e. The molecule has 3 heterocycles. The number of halogens is 1. The average Bonchev–Trinajstić information content (AvgIpc) is 3.17. The molecule has 0 N–H and O–H groups in total. The number of hydrogen-bond donors (Lipinski definition) is 0. The minimum atomic E-state index is -0.394. The SMILES string of the molecule is Fc1cccc(-c2nnc(-c3ncco3)c(Oc3ccncc3)n2)c1. The summed E-state index contributed by atoms with van der Waals surface area (Å²) in [4.78, 5) is 12.3. The predicted molar refractivity (Wildman–Crippen MR) is 85.0 cm³/mol. The van der Waals surface area contributed by atoms with Gasteiger partial charge in [0, 0.05) is 18.0 Å². The van der Waals surface area contributed by atoms with Crippen LogP contribution in [0.4, 0.5) is 4.39 Å². The molecule has 0 saturated heterocycles. The van der Waals surface area contributed by atoms with Crippen molar-refractivity contribution in [3.8, 4) is 34.6 Å². The van der Waals surface area contributed by atoms with Crippen LogP contribution >= 0.6 is 0 Å². The topological polar surface area (TPSA) is 86.8 Å². The minimum absolute atomic E-state index is 0.142. The molecule has 7 nitrogen and oxygen atoms in total. The van der Waals surface area contributed by atoms with Gasteiger partial charge in [-0.15, -0.1) is 10.2 Å². The number of aromatic nitrogens is 5. The van der Waals surface area contributed by atoms with Crippen LogP contribution in [0.1, 0.15) is 0 Å². The zero-order valence-electron chi connectivity index (χ0n) is 12.7. The summed E-state index contributed by atoms with van der Waals surface area (Å²) in [6, 6.07) is 9.25. The molecular formula is C17H10FN5O2. The Labute approximate surface area is 141 Å². The van der Waals surface area contributed by atoms with Crippen LogP contribution in [0.5, 0.6) is 11.6 Å². The molecule has 0 aliphatic rings. The van der Waals surface area contributed by atoms with Gasteiger partial charge in [-0.25, -0.2) is 9.37 Å². The van der Waals surface area contributed by atoms with E-state index in [1.165, 1.54) is 24.6 Å². The first kappa shape index (κ1) is 14.9. The lowest BCUT2D eigenvalue weighted by molar-refractivity contribution is 0.455. The number of nitrogens with zero attached hydrogens (tertiary/aromatic N) is 5. The van der Waals surface area contributed by atoms with E-state index in [4.69, 9.17) is 9.15 Å². The summed E-state index contributed by atoms with van der Waals surface area (Å²) in [6.07, 6.45) is 6.06. The van der Waals surface area contributed by atoms with Crippen LogP contribution in [0.25, 0.3) is 23.0 Å². The average molecular weight is 335 g/mol. The molecule has 0 bridgehead atoms. The van der Waals surface area contributed by atoms with Gasteiger partial charge in [-0.05, 0) is 24.3 Å². The lowest BCUT2D eigenvalue weighted by Crippen LogP contribution is -2.01. The fourth-order valence-electron chi connectivity index (χ4n) is 2.13. The largest absolute Gasteiger partial charge is 0.443 e. The molecule has 4 rings (SSSR count). The summed E-state index contributed by atoms with van der Waals surface area (Å²) >= 11 is 0. The third kappa shape index (κ3) is 3.18. The van der Waals surface area contributed by atoms with Crippen molar-refractivity contribution in [3.05, 3.63) is 67.1 Å². The second kappa shape index (κ2) is 6.44. The molecule has 4 aromatic rings. The van der Waals surface area contributed by atoms with Gasteiger partial charge in [-0.3, -0.25) is 4.98 Å². The fourth-order valence-corrected chi connectivity index (χ4v) is 2.13. The van der Waals surface area contributed by atoms with Crippen molar-refractivity contribution in [1.82, 2.24) is 25.1 Å². The number of benzene rings is 1. The van der Waals surface area contributed by atoms with Crippen LogP contribution in [0.2, 0.25) is 0 Å². The molecule has 0 saturated carbocycles. The number of ether oxygens (including phenoxy) is 1. The Kier molecular flexibility index (Phi) is 3.83. The van der Waals surface area contributed by atoms with Gasteiger partial charge >= 0.3 is 0 Å². The van der Waals surface area contributed by atoms with Gasteiger partial charge < -0.3 is 9.15 Å². The van der Waals surface area contributed by atoms with Gasteiger partial charge in [-0.1, -0.05) is 12.1 Å². The predicted octanol–water partition coefficient (Wildman–Crippen LogP) is 3.52. The van der Waals surface area contributed by atoms with E-state index in [1.807, 2.05) is 0 Å². The molecule has 0 unspecified atom stereocenters. The normalized spacial score (nSPS) is 10.6. The van der Waals surface area contributed by atoms with Gasteiger partial charge in [0.05, 0.1) is 6.20 Å². The van der Waals surface area contributed by atoms with Crippen LogP contribution in [-0.2, 0) is 0 Å². The van der Waals surface area contributed by atoms with E-state index >= 15 is 0 Å². The highest BCUT2D eigenvalue weighted by Gasteiger charge is 2.18. The van der Waals surface area contributed by atoms with Crippen LogP contribution in [0.15, 0.2) is 65.7 Å². The number of rotatable bonds is 4. The Bertz CT molecular complexity index is 993. The van der Waals surface area contributed by atoms with Crippen LogP contribution in [-0.4, -0.2) is 25.1 Å². The van der Waals surface area contributed by atoms with E-state index in [0.29, 0.717) is 11.3 Å². The molecule has 0 radical (unpaired) electrons. The number of oxazole rings is 1. The van der Waals surface area contributed by atoms with Crippen molar-refractivity contribution in [3.63, 3.8) is 0 Å². The highest BCUT2D eigenvalue weighted by atomic mass is 19.1. The number of pyridine rings is 1. The Morgan fingerprint density at radius 2 is 1.88 bits per heavy atom. The van der Waals surface area contributed by atoms with Gasteiger partial charge in [0.1, 0.15) is 17.8 Å². The standard InChI is InChI=1S/C17H10FN5O2/c18-12-3-1-2-11(10-12)15-21-17(25-13-4-6-19-7-5-13)14(22-23-15)16-20-8-9-24-16/h1-10H. The molecule has 0 fully saturated rings. The molecule has 0 spiro atoms. The van der Waals surface area contributed by atoms with Crippen molar-refractivity contribution < 1.29 is 13.5 Å². The highest BCUT2D eigenvalue weighted by molar-refractivity contribution is 5.60. The molecule has 0 amide bonds. The van der Waals surface area contributed by atoms with Crippen LogP contribution < -0.4 is 4.74 Å². The first-order valence-electron chi connectivity index (χ1n) is 7.28. The van der Waals surface area contributed by atoms with Crippen molar-refractivity contribution >= 4 is 0 Å². The fraction of sp³-hybridized carbons (Fsp3) is 0. The Balaban J connectivity index is 1.81. The Morgan fingerprint density at radius 1 is 1.00 bits per heavy atom. The van der Waals surface area contributed by atoms with Crippen molar-refractivity contribution in [2.24, 2.45) is 0 Å². The van der Waals surface area contributed by atoms with Crippen LogP contribution in [0, 0.1) is 5.82 Å². The maximum absolute atomic E-state index is 13.5. The van der Waals surface area contributed by atoms with Crippen LogP contribution in [0.3, 0.4) is 0 Å². The molecule has 0 aliphatic heterocycles. The quantitative estimate of drug-likeness (QED) is 0.564. The zero-order valence-corrected chi connectivity index (χ0v) is 12.7. The zero-order chi connectivity index (χ0) is 17.1. The van der Waals surface area contributed by atoms with E-state index in [1.54, 1.807) is 36.7 Å². The molecule has 0 atom stereocenters. The first-order chi connectivity index (χ1) is 12.3. The number of hydrogen-bond acceptors (Lipinski definition) is 7. The molecular weight excluding hydrogens is 325 g/mol. The summed E-state index contributed by atoms with van der Waals surface area (Å²) in [6.45, 7) is 0. The molecule has 0 aliphatic carbocycles. The van der Waals surface area contributed by atoms with E-state index < -0.39 is 5.82 Å². The second-order valence-corrected chi connectivity index (χ2v) is 4.92. The Morgan fingerprint density at radius 3 is 2.64 bits per heavy atom. The van der Waals surface area contributed by atoms with E-state index in [2.05, 4.69) is 25.1 Å². The molecule has 122 valence electrons. The molecule has 8 heteroatoms. The summed E-state index contributed by atoms with van der Waals surface area (Å²) < 4.78 is 24.5. The van der Waals surface area contributed by atoms with Gasteiger partial charge in [0.15, 0.2) is 5.82 Å². The summed E-state index contributed by atoms with van der Waals surface area (Å²) in [7, 11) is 0. The lowest BCUT2D eigenvalue weighted by atomic mass is 10.2. The highest BCUT2D eigenvalue weighted by Crippen LogP contribution is 2.30. The third-order valence-corrected chi connectivity index (χ3v) is 3.24. The van der Waals surface area contributed by atoms with Gasteiger partial charge in [0.2, 0.25) is 5.69 Å². The second-order valence-electron chi connectivity index (χ2n) is 4.92. The van der Waals surface area contributed by atoms with Crippen molar-refractivity contribution in [1.29, 1.82) is 0 Å². The summed E-state index contributed by atoms with van der Waals surface area (Å²) in [5, 5.41) is 8.12. The minimum Gasteiger partial charge on any atom is -0.443 e. The first-order valence-corrected chi connectivity index (χ1v) is 7.28. The summed E-state index contributed by atoms with van der Waals surface area (Å²) in [5.41, 5.74) is 0.716. The Hall–Kier alpha value is -3.68. The van der Waals surface area contributed by atoms with Gasteiger partial charge in [0.25, 0.3) is 11.8 Å². The van der Waals surface area contributed by atoms with Crippen molar-refractivity contribution in [2.45, 2.75) is 0 Å².